The summed E-state index contributed by atoms with van der Waals surface area (Å²) in [5.74, 6) is -0.129. The Kier molecular flexibility index (Phi) is 4.17. The van der Waals surface area contributed by atoms with Crippen LogP contribution in [0.15, 0.2) is 22.6 Å². The highest BCUT2D eigenvalue weighted by atomic mass is 16.4. The highest BCUT2D eigenvalue weighted by molar-refractivity contribution is 5.96. The van der Waals surface area contributed by atoms with E-state index in [1.807, 2.05) is 18.2 Å². The van der Waals surface area contributed by atoms with Gasteiger partial charge in [-0.3, -0.25) is 0 Å². The molecule has 3 nitrogen and oxygen atoms in total. The minimum atomic E-state index is -0.980. The molecule has 2 rings (SSSR count). The number of rotatable bonds is 5. The highest BCUT2D eigenvalue weighted by Crippen LogP contribution is 2.34. The minimum absolute atomic E-state index is 0.101. The van der Waals surface area contributed by atoms with E-state index in [0.29, 0.717) is 11.8 Å². The standard InChI is InChI=1S/C17H22O3/c1-5-11(4)12-7-6-8-13-14(9-10(2)3)16(17(18)19)20-15(12)13/h6-8,10-11H,5,9H2,1-4H3,(H,18,19). The van der Waals surface area contributed by atoms with Gasteiger partial charge in [0.15, 0.2) is 0 Å². The SMILES string of the molecule is CCC(C)c1cccc2c(CC(C)C)c(C(=O)O)oc12. The number of carboxylic acids is 1. The van der Waals surface area contributed by atoms with Gasteiger partial charge in [0.2, 0.25) is 5.76 Å². The van der Waals surface area contributed by atoms with Crippen molar-refractivity contribution in [3.05, 3.63) is 35.1 Å². The summed E-state index contributed by atoms with van der Waals surface area (Å²) in [5.41, 5.74) is 2.67. The Labute approximate surface area is 119 Å². The molecule has 0 spiro atoms. The Morgan fingerprint density at radius 1 is 1.30 bits per heavy atom. The van der Waals surface area contributed by atoms with E-state index < -0.39 is 5.97 Å². The molecular weight excluding hydrogens is 252 g/mol. The molecular formula is C17H22O3. The molecule has 1 unspecified atom stereocenters. The van der Waals surface area contributed by atoms with Crippen LogP contribution in [-0.4, -0.2) is 11.1 Å². The van der Waals surface area contributed by atoms with Crippen molar-refractivity contribution in [3.8, 4) is 0 Å². The van der Waals surface area contributed by atoms with Crippen molar-refractivity contribution < 1.29 is 14.3 Å². The van der Waals surface area contributed by atoms with Crippen LogP contribution in [0, 0.1) is 5.92 Å². The first-order valence-electron chi connectivity index (χ1n) is 7.23. The molecule has 1 aromatic carbocycles. The Bertz CT molecular complexity index is 622. The van der Waals surface area contributed by atoms with Crippen molar-refractivity contribution in [2.75, 3.05) is 0 Å². The summed E-state index contributed by atoms with van der Waals surface area (Å²) in [6.07, 6.45) is 1.72. The molecule has 20 heavy (non-hydrogen) atoms. The lowest BCUT2D eigenvalue weighted by molar-refractivity contribution is 0.0663. The first kappa shape index (κ1) is 14.6. The summed E-state index contributed by atoms with van der Waals surface area (Å²) < 4.78 is 5.72. The van der Waals surface area contributed by atoms with Crippen LogP contribution in [0.2, 0.25) is 0 Å². The Morgan fingerprint density at radius 2 is 2.00 bits per heavy atom. The first-order valence-corrected chi connectivity index (χ1v) is 7.23. The van der Waals surface area contributed by atoms with Crippen LogP contribution in [0.4, 0.5) is 0 Å². The number of para-hydroxylation sites is 1. The second-order valence-electron chi connectivity index (χ2n) is 5.85. The molecule has 1 heterocycles. The second-order valence-corrected chi connectivity index (χ2v) is 5.85. The van der Waals surface area contributed by atoms with E-state index in [1.54, 1.807) is 0 Å². The average molecular weight is 274 g/mol. The van der Waals surface area contributed by atoms with E-state index in [-0.39, 0.29) is 5.76 Å². The molecule has 3 heteroatoms. The van der Waals surface area contributed by atoms with Gasteiger partial charge < -0.3 is 9.52 Å². The Balaban J connectivity index is 2.70. The van der Waals surface area contributed by atoms with Gasteiger partial charge in [-0.1, -0.05) is 45.9 Å². The third-order valence-electron chi connectivity index (χ3n) is 3.80. The molecule has 108 valence electrons. The minimum Gasteiger partial charge on any atom is -0.475 e. The van der Waals surface area contributed by atoms with E-state index in [4.69, 9.17) is 4.42 Å². The van der Waals surface area contributed by atoms with Crippen molar-refractivity contribution in [2.24, 2.45) is 5.92 Å². The number of benzene rings is 1. The summed E-state index contributed by atoms with van der Waals surface area (Å²) in [6.45, 7) is 8.44. The zero-order valence-electron chi connectivity index (χ0n) is 12.6. The summed E-state index contributed by atoms with van der Waals surface area (Å²) in [5, 5.41) is 10.3. The number of carboxylic acid groups (broad SMARTS) is 1. The maximum absolute atomic E-state index is 11.4. The molecule has 0 aliphatic carbocycles. The third kappa shape index (κ3) is 2.58. The lowest BCUT2D eigenvalue weighted by atomic mass is 9.94. The summed E-state index contributed by atoms with van der Waals surface area (Å²) in [4.78, 5) is 11.4. The lowest BCUT2D eigenvalue weighted by Gasteiger charge is -2.09. The zero-order chi connectivity index (χ0) is 14.9. The molecule has 0 saturated heterocycles. The van der Waals surface area contributed by atoms with Crippen molar-refractivity contribution in [3.63, 3.8) is 0 Å². The van der Waals surface area contributed by atoms with Gasteiger partial charge >= 0.3 is 5.97 Å². The van der Waals surface area contributed by atoms with Gasteiger partial charge in [0, 0.05) is 10.9 Å². The van der Waals surface area contributed by atoms with Gasteiger partial charge in [-0.2, -0.15) is 0 Å². The quantitative estimate of drug-likeness (QED) is 0.848. The van der Waals surface area contributed by atoms with Crippen LogP contribution in [0.1, 0.15) is 61.7 Å². The van der Waals surface area contributed by atoms with Gasteiger partial charge in [-0.25, -0.2) is 4.79 Å². The largest absolute Gasteiger partial charge is 0.475 e. The highest BCUT2D eigenvalue weighted by Gasteiger charge is 2.23. The molecule has 0 aliphatic heterocycles. The molecule has 2 aromatic rings. The predicted octanol–water partition coefficient (Wildman–Crippen LogP) is 4.84. The van der Waals surface area contributed by atoms with Gasteiger partial charge in [-0.05, 0) is 30.2 Å². The number of hydrogen-bond acceptors (Lipinski definition) is 2. The number of hydrogen-bond donors (Lipinski definition) is 1. The van der Waals surface area contributed by atoms with Crippen LogP contribution >= 0.6 is 0 Å². The summed E-state index contributed by atoms with van der Waals surface area (Å²) >= 11 is 0. The van der Waals surface area contributed by atoms with Crippen molar-refractivity contribution in [1.29, 1.82) is 0 Å². The van der Waals surface area contributed by atoms with E-state index in [0.717, 1.165) is 34.9 Å². The van der Waals surface area contributed by atoms with E-state index in [2.05, 4.69) is 27.7 Å². The topological polar surface area (TPSA) is 50.4 Å². The molecule has 0 bridgehead atoms. The van der Waals surface area contributed by atoms with Crippen LogP contribution in [-0.2, 0) is 6.42 Å². The second kappa shape index (κ2) is 5.70. The Hall–Kier alpha value is -1.77. The van der Waals surface area contributed by atoms with Gasteiger partial charge in [0.05, 0.1) is 0 Å². The number of carbonyl (C=O) groups is 1. The maximum Gasteiger partial charge on any atom is 0.372 e. The zero-order valence-corrected chi connectivity index (χ0v) is 12.6. The van der Waals surface area contributed by atoms with E-state index >= 15 is 0 Å². The predicted molar refractivity (Wildman–Crippen MR) is 80.4 cm³/mol. The summed E-state index contributed by atoms with van der Waals surface area (Å²) in [6, 6.07) is 5.99. The fourth-order valence-corrected chi connectivity index (χ4v) is 2.58. The van der Waals surface area contributed by atoms with Crippen LogP contribution in [0.3, 0.4) is 0 Å². The average Bonchev–Trinajstić information content (AvgIpc) is 2.76. The summed E-state index contributed by atoms with van der Waals surface area (Å²) in [7, 11) is 0. The molecule has 0 aliphatic rings. The molecule has 1 N–H and O–H groups in total. The fourth-order valence-electron chi connectivity index (χ4n) is 2.58. The monoisotopic (exact) mass is 274 g/mol. The van der Waals surface area contributed by atoms with E-state index in [9.17, 15) is 9.90 Å². The number of aromatic carboxylic acids is 1. The van der Waals surface area contributed by atoms with Crippen LogP contribution in [0.25, 0.3) is 11.0 Å². The van der Waals surface area contributed by atoms with Crippen LogP contribution in [0.5, 0.6) is 0 Å². The number of fused-ring (bicyclic) bond motifs is 1. The first-order chi connectivity index (χ1) is 9.45. The number of furan rings is 1. The lowest BCUT2D eigenvalue weighted by Crippen LogP contribution is -2.02. The molecule has 0 amide bonds. The smallest absolute Gasteiger partial charge is 0.372 e. The van der Waals surface area contributed by atoms with Crippen molar-refractivity contribution in [2.45, 2.75) is 46.5 Å². The Morgan fingerprint density at radius 3 is 2.55 bits per heavy atom. The van der Waals surface area contributed by atoms with Crippen LogP contribution < -0.4 is 0 Å². The van der Waals surface area contributed by atoms with Gasteiger partial charge in [0.25, 0.3) is 0 Å². The molecule has 1 aromatic heterocycles. The van der Waals surface area contributed by atoms with Crippen molar-refractivity contribution in [1.82, 2.24) is 0 Å². The molecule has 0 fully saturated rings. The fraction of sp³-hybridized carbons (Fsp3) is 0.471. The van der Waals surface area contributed by atoms with Gasteiger partial charge in [0.1, 0.15) is 5.58 Å². The maximum atomic E-state index is 11.4. The molecule has 0 saturated carbocycles. The third-order valence-corrected chi connectivity index (χ3v) is 3.80. The van der Waals surface area contributed by atoms with Crippen molar-refractivity contribution >= 4 is 16.9 Å². The molecule has 1 atom stereocenters. The normalized spacial score (nSPS) is 13.1. The van der Waals surface area contributed by atoms with E-state index in [1.165, 1.54) is 0 Å². The molecule has 0 radical (unpaired) electrons. The van der Waals surface area contributed by atoms with Gasteiger partial charge in [-0.15, -0.1) is 0 Å².